The number of para-hydroxylation sites is 1. The summed E-state index contributed by atoms with van der Waals surface area (Å²) in [5.74, 6) is -0.228. The Morgan fingerprint density at radius 1 is 1.10 bits per heavy atom. The molecule has 1 aliphatic heterocycles. The number of aryl methyl sites for hydroxylation is 2. The molecule has 0 aliphatic carbocycles. The van der Waals surface area contributed by atoms with E-state index in [2.05, 4.69) is 41.4 Å². The van der Waals surface area contributed by atoms with Crippen LogP contribution in [0.3, 0.4) is 0 Å². The monoisotopic (exact) mass is 405 g/mol. The van der Waals surface area contributed by atoms with Gasteiger partial charge >= 0.3 is 0 Å². The van der Waals surface area contributed by atoms with Crippen molar-refractivity contribution in [1.82, 2.24) is 14.8 Å². The number of nitrogens with one attached hydrogen (secondary N) is 1. The van der Waals surface area contributed by atoms with E-state index in [9.17, 15) is 9.59 Å². The third kappa shape index (κ3) is 4.15. The summed E-state index contributed by atoms with van der Waals surface area (Å²) in [4.78, 5) is 27.8. The van der Waals surface area contributed by atoms with Gasteiger partial charge in [0.2, 0.25) is 0 Å². The van der Waals surface area contributed by atoms with E-state index in [1.807, 2.05) is 24.3 Å². The second-order valence-corrected chi connectivity index (χ2v) is 7.76. The molecule has 0 bridgehead atoms. The number of amides is 1. The van der Waals surface area contributed by atoms with Gasteiger partial charge in [-0.3, -0.25) is 14.5 Å². The maximum atomic E-state index is 13.1. The minimum atomic E-state index is -0.228. The Labute approximate surface area is 176 Å². The standard InChI is InChI=1S/C24H27N3O3/c1-17-7-9-18(10-8-17)22(27-11-13-30-14-12-27)16-25-24(29)20-15-23(28)26(2)21-6-4-3-5-19(20)21/h3-10,15,22H,11-14,16H2,1-2H3,(H,25,29)/t22-/m0/s1. The minimum absolute atomic E-state index is 0.0521. The number of fused-ring (bicyclic) bond motifs is 1. The smallest absolute Gasteiger partial charge is 0.252 e. The van der Waals surface area contributed by atoms with Crippen molar-refractivity contribution in [2.45, 2.75) is 13.0 Å². The summed E-state index contributed by atoms with van der Waals surface area (Å²) < 4.78 is 7.07. The molecule has 4 rings (SSSR count). The molecular weight excluding hydrogens is 378 g/mol. The van der Waals surface area contributed by atoms with Crippen LogP contribution in [0.25, 0.3) is 10.9 Å². The highest BCUT2D eigenvalue weighted by Crippen LogP contribution is 2.22. The van der Waals surface area contributed by atoms with E-state index >= 15 is 0 Å². The quantitative estimate of drug-likeness (QED) is 0.709. The topological polar surface area (TPSA) is 63.6 Å². The van der Waals surface area contributed by atoms with Crippen molar-refractivity contribution in [2.24, 2.45) is 7.05 Å². The van der Waals surface area contributed by atoms with Crippen LogP contribution in [0.1, 0.15) is 27.5 Å². The Bertz CT molecular complexity index is 1100. The van der Waals surface area contributed by atoms with Gasteiger partial charge in [0.25, 0.3) is 11.5 Å². The lowest BCUT2D eigenvalue weighted by Gasteiger charge is -2.35. The van der Waals surface area contributed by atoms with Crippen LogP contribution < -0.4 is 10.9 Å². The summed E-state index contributed by atoms with van der Waals surface area (Å²) >= 11 is 0. The molecule has 1 saturated heterocycles. The van der Waals surface area contributed by atoms with Gasteiger partial charge in [-0.2, -0.15) is 0 Å². The minimum Gasteiger partial charge on any atom is -0.379 e. The fourth-order valence-corrected chi connectivity index (χ4v) is 4.02. The zero-order valence-electron chi connectivity index (χ0n) is 17.4. The normalized spacial score (nSPS) is 15.8. The summed E-state index contributed by atoms with van der Waals surface area (Å²) in [6.07, 6.45) is 0. The summed E-state index contributed by atoms with van der Waals surface area (Å²) in [5, 5.41) is 3.85. The van der Waals surface area contributed by atoms with Crippen LogP contribution in [0, 0.1) is 6.92 Å². The molecule has 2 heterocycles. The van der Waals surface area contributed by atoms with Gasteiger partial charge in [0, 0.05) is 38.1 Å². The number of nitrogens with zero attached hydrogens (tertiary/aromatic N) is 2. The number of carbonyl (C=O) groups is 1. The highest BCUT2D eigenvalue weighted by molar-refractivity contribution is 6.06. The molecular formula is C24H27N3O3. The molecule has 0 radical (unpaired) electrons. The van der Waals surface area contributed by atoms with Gasteiger partial charge in [0.15, 0.2) is 0 Å². The van der Waals surface area contributed by atoms with Gasteiger partial charge in [-0.15, -0.1) is 0 Å². The lowest BCUT2D eigenvalue weighted by atomic mass is 10.0. The third-order valence-corrected chi connectivity index (χ3v) is 5.80. The van der Waals surface area contributed by atoms with E-state index in [4.69, 9.17) is 4.74 Å². The molecule has 156 valence electrons. The number of rotatable bonds is 5. The van der Waals surface area contributed by atoms with E-state index in [0.29, 0.717) is 25.3 Å². The number of hydrogen-bond donors (Lipinski definition) is 1. The highest BCUT2D eigenvalue weighted by Gasteiger charge is 2.24. The van der Waals surface area contributed by atoms with Crippen LogP contribution in [0.5, 0.6) is 0 Å². The van der Waals surface area contributed by atoms with Crippen molar-refractivity contribution < 1.29 is 9.53 Å². The number of morpholine rings is 1. The fourth-order valence-electron chi connectivity index (χ4n) is 4.02. The van der Waals surface area contributed by atoms with Gasteiger partial charge in [-0.05, 0) is 18.6 Å². The largest absolute Gasteiger partial charge is 0.379 e. The molecule has 1 aliphatic rings. The molecule has 3 aromatic rings. The number of ether oxygens (including phenoxy) is 1. The van der Waals surface area contributed by atoms with Crippen LogP contribution in [0.15, 0.2) is 59.4 Å². The predicted octanol–water partition coefficient (Wildman–Crippen LogP) is 2.65. The molecule has 30 heavy (non-hydrogen) atoms. The highest BCUT2D eigenvalue weighted by atomic mass is 16.5. The molecule has 0 unspecified atom stereocenters. The molecule has 6 nitrogen and oxygen atoms in total. The van der Waals surface area contributed by atoms with Crippen LogP contribution in [0.4, 0.5) is 0 Å². The van der Waals surface area contributed by atoms with Crippen molar-refractivity contribution in [3.63, 3.8) is 0 Å². The molecule has 1 aromatic heterocycles. The van der Waals surface area contributed by atoms with Crippen molar-refractivity contribution in [1.29, 1.82) is 0 Å². The van der Waals surface area contributed by atoms with Crippen molar-refractivity contribution >= 4 is 16.8 Å². The van der Waals surface area contributed by atoms with Gasteiger partial charge in [-0.1, -0.05) is 48.0 Å². The Morgan fingerprint density at radius 3 is 2.53 bits per heavy atom. The first-order valence-corrected chi connectivity index (χ1v) is 10.3. The lowest BCUT2D eigenvalue weighted by molar-refractivity contribution is 0.0162. The van der Waals surface area contributed by atoms with E-state index in [-0.39, 0.29) is 17.5 Å². The maximum Gasteiger partial charge on any atom is 0.252 e. The molecule has 0 saturated carbocycles. The average Bonchev–Trinajstić information content (AvgIpc) is 2.78. The van der Waals surface area contributed by atoms with Crippen molar-refractivity contribution in [3.05, 3.63) is 81.6 Å². The zero-order chi connectivity index (χ0) is 21.1. The van der Waals surface area contributed by atoms with Crippen LogP contribution in [-0.2, 0) is 11.8 Å². The lowest BCUT2D eigenvalue weighted by Crippen LogP contribution is -2.44. The van der Waals surface area contributed by atoms with Crippen LogP contribution in [0.2, 0.25) is 0 Å². The van der Waals surface area contributed by atoms with Crippen molar-refractivity contribution in [3.8, 4) is 0 Å². The summed E-state index contributed by atoms with van der Waals surface area (Å²) in [6.45, 7) is 5.56. The van der Waals surface area contributed by atoms with Crippen molar-refractivity contribution in [2.75, 3.05) is 32.8 Å². The first-order valence-electron chi connectivity index (χ1n) is 10.3. The SMILES string of the molecule is Cc1ccc([C@H](CNC(=O)c2cc(=O)n(C)c3ccccc23)N2CCOCC2)cc1. The number of benzene rings is 2. The Balaban J connectivity index is 1.60. The van der Waals surface area contributed by atoms with Gasteiger partial charge in [-0.25, -0.2) is 0 Å². The van der Waals surface area contributed by atoms with E-state index in [0.717, 1.165) is 29.6 Å². The summed E-state index contributed by atoms with van der Waals surface area (Å²) in [6, 6.07) is 17.4. The van der Waals surface area contributed by atoms with E-state index in [1.54, 1.807) is 11.6 Å². The molecule has 6 heteroatoms. The fraction of sp³-hybridized carbons (Fsp3) is 0.333. The Kier molecular flexibility index (Phi) is 5.97. The number of hydrogen-bond acceptors (Lipinski definition) is 4. The molecule has 1 atom stereocenters. The summed E-state index contributed by atoms with van der Waals surface area (Å²) in [7, 11) is 1.72. The van der Waals surface area contributed by atoms with Gasteiger partial charge in [0.05, 0.1) is 30.3 Å². The number of pyridine rings is 1. The molecule has 1 amide bonds. The second-order valence-electron chi connectivity index (χ2n) is 7.76. The van der Waals surface area contributed by atoms with Crippen LogP contribution in [-0.4, -0.2) is 48.2 Å². The van der Waals surface area contributed by atoms with Gasteiger partial charge in [0.1, 0.15) is 0 Å². The predicted molar refractivity (Wildman–Crippen MR) is 118 cm³/mol. The second kappa shape index (κ2) is 8.81. The third-order valence-electron chi connectivity index (χ3n) is 5.80. The number of carbonyl (C=O) groups excluding carboxylic acids is 1. The zero-order valence-corrected chi connectivity index (χ0v) is 17.4. The Hall–Kier alpha value is -2.96. The molecule has 2 aromatic carbocycles. The van der Waals surface area contributed by atoms with E-state index in [1.165, 1.54) is 11.6 Å². The Morgan fingerprint density at radius 2 is 1.80 bits per heavy atom. The first-order chi connectivity index (χ1) is 14.5. The summed E-state index contributed by atoms with van der Waals surface area (Å²) in [5.41, 5.74) is 3.34. The average molecular weight is 405 g/mol. The maximum absolute atomic E-state index is 13.1. The number of aromatic nitrogens is 1. The molecule has 1 N–H and O–H groups in total. The first kappa shape index (κ1) is 20.3. The van der Waals surface area contributed by atoms with Crippen LogP contribution >= 0.6 is 0 Å². The molecule has 0 spiro atoms. The van der Waals surface area contributed by atoms with E-state index < -0.39 is 0 Å². The molecule has 1 fully saturated rings. The van der Waals surface area contributed by atoms with Gasteiger partial charge < -0.3 is 14.6 Å².